The Bertz CT molecular complexity index is 300. The Labute approximate surface area is 87.8 Å². The summed E-state index contributed by atoms with van der Waals surface area (Å²) in [4.78, 5) is 1.22. The third kappa shape index (κ3) is 1.98. The number of methoxy groups -OCH3 is 1. The third-order valence-electron chi connectivity index (χ3n) is 2.40. The van der Waals surface area contributed by atoms with Gasteiger partial charge in [-0.25, -0.2) is 0 Å². The molecule has 0 spiro atoms. The van der Waals surface area contributed by atoms with Crippen LogP contribution in [0.25, 0.3) is 0 Å². The van der Waals surface area contributed by atoms with Gasteiger partial charge in [0.05, 0.1) is 6.61 Å². The van der Waals surface area contributed by atoms with Crippen molar-refractivity contribution in [2.45, 2.75) is 25.2 Å². The van der Waals surface area contributed by atoms with E-state index in [2.05, 4.69) is 11.4 Å². The normalized spacial score (nSPS) is 27.0. The van der Waals surface area contributed by atoms with E-state index in [1.165, 1.54) is 10.4 Å². The summed E-state index contributed by atoms with van der Waals surface area (Å²) in [6.45, 7) is 1.45. The molecule has 4 heteroatoms. The van der Waals surface area contributed by atoms with Crippen LogP contribution in [0.3, 0.4) is 0 Å². The van der Waals surface area contributed by atoms with E-state index in [1.54, 1.807) is 18.4 Å². The van der Waals surface area contributed by atoms with Crippen molar-refractivity contribution in [3.8, 4) is 0 Å². The number of hydrogen-bond donors (Lipinski definition) is 1. The Morgan fingerprint density at radius 1 is 1.71 bits per heavy atom. The monoisotopic (exact) mass is 213 g/mol. The molecule has 1 aliphatic heterocycles. The van der Waals surface area contributed by atoms with Crippen molar-refractivity contribution in [1.82, 2.24) is 0 Å². The van der Waals surface area contributed by atoms with Crippen LogP contribution < -0.4 is 5.73 Å². The lowest BCUT2D eigenvalue weighted by molar-refractivity contribution is 0.107. The number of ether oxygens (including phenoxy) is 2. The molecule has 1 fully saturated rings. The zero-order valence-corrected chi connectivity index (χ0v) is 9.05. The lowest BCUT2D eigenvalue weighted by Crippen LogP contribution is -2.22. The number of thiophene rings is 1. The molecule has 1 aliphatic rings. The molecule has 78 valence electrons. The van der Waals surface area contributed by atoms with Gasteiger partial charge in [0, 0.05) is 24.6 Å². The van der Waals surface area contributed by atoms with Crippen molar-refractivity contribution in [3.63, 3.8) is 0 Å². The molecule has 0 radical (unpaired) electrons. The molecule has 3 nitrogen and oxygen atoms in total. The van der Waals surface area contributed by atoms with Gasteiger partial charge in [0.15, 0.2) is 0 Å². The maximum atomic E-state index is 5.94. The molecule has 0 amide bonds. The highest BCUT2D eigenvalue weighted by Gasteiger charge is 2.27. The van der Waals surface area contributed by atoms with Crippen LogP contribution >= 0.6 is 11.3 Å². The van der Waals surface area contributed by atoms with Crippen LogP contribution in [-0.4, -0.2) is 19.8 Å². The van der Waals surface area contributed by atoms with E-state index >= 15 is 0 Å². The average molecular weight is 213 g/mol. The van der Waals surface area contributed by atoms with Gasteiger partial charge in [0.1, 0.15) is 6.10 Å². The zero-order valence-electron chi connectivity index (χ0n) is 8.23. The van der Waals surface area contributed by atoms with Gasteiger partial charge < -0.3 is 15.2 Å². The van der Waals surface area contributed by atoms with Gasteiger partial charge in [-0.1, -0.05) is 0 Å². The van der Waals surface area contributed by atoms with Crippen LogP contribution in [0.1, 0.15) is 23.0 Å². The van der Waals surface area contributed by atoms with Crippen LogP contribution in [0.4, 0.5) is 0 Å². The minimum atomic E-state index is 0.102. The smallest absolute Gasteiger partial charge is 0.107 e. The molecular formula is C10H15NO2S. The first-order valence-corrected chi connectivity index (χ1v) is 5.62. The highest BCUT2D eigenvalue weighted by atomic mass is 32.1. The van der Waals surface area contributed by atoms with E-state index in [1.807, 2.05) is 0 Å². The van der Waals surface area contributed by atoms with Crippen molar-refractivity contribution >= 4 is 11.3 Å². The Morgan fingerprint density at radius 3 is 3.21 bits per heavy atom. The first-order valence-electron chi connectivity index (χ1n) is 4.74. The Balaban J connectivity index is 2.08. The molecular weight excluding hydrogens is 198 g/mol. The molecule has 0 saturated carbocycles. The maximum absolute atomic E-state index is 5.94. The largest absolute Gasteiger partial charge is 0.380 e. The zero-order chi connectivity index (χ0) is 9.97. The van der Waals surface area contributed by atoms with E-state index in [0.29, 0.717) is 6.61 Å². The standard InChI is InChI=1S/C10H15NO2S/c1-12-5-7-4-9(14-6-7)10-8(11)2-3-13-10/h4,6,8,10H,2-3,5,11H2,1H3. The van der Waals surface area contributed by atoms with Gasteiger partial charge in [-0.2, -0.15) is 0 Å². The molecule has 1 aromatic heterocycles. The second-order valence-electron chi connectivity index (χ2n) is 3.53. The van der Waals surface area contributed by atoms with Crippen LogP contribution in [0.2, 0.25) is 0 Å². The minimum absolute atomic E-state index is 0.102. The average Bonchev–Trinajstić information content (AvgIpc) is 2.74. The predicted octanol–water partition coefficient (Wildman–Crippen LogP) is 1.68. The predicted molar refractivity (Wildman–Crippen MR) is 56.3 cm³/mol. The molecule has 0 bridgehead atoms. The molecule has 2 heterocycles. The van der Waals surface area contributed by atoms with Crippen molar-refractivity contribution < 1.29 is 9.47 Å². The Morgan fingerprint density at radius 2 is 2.57 bits per heavy atom. The van der Waals surface area contributed by atoms with Crippen molar-refractivity contribution in [2.75, 3.05) is 13.7 Å². The Kier molecular flexibility index (Phi) is 3.18. The van der Waals surface area contributed by atoms with E-state index in [9.17, 15) is 0 Å². The summed E-state index contributed by atoms with van der Waals surface area (Å²) in [7, 11) is 1.70. The van der Waals surface area contributed by atoms with Crippen LogP contribution in [0.5, 0.6) is 0 Å². The fourth-order valence-electron chi connectivity index (χ4n) is 1.69. The fourth-order valence-corrected chi connectivity index (χ4v) is 2.71. The summed E-state index contributed by atoms with van der Waals surface area (Å²) in [5.41, 5.74) is 7.15. The topological polar surface area (TPSA) is 44.5 Å². The lowest BCUT2D eigenvalue weighted by atomic mass is 10.1. The molecule has 2 N–H and O–H groups in total. The van der Waals surface area contributed by atoms with Gasteiger partial charge in [-0.3, -0.25) is 0 Å². The van der Waals surface area contributed by atoms with E-state index < -0.39 is 0 Å². The third-order valence-corrected chi connectivity index (χ3v) is 3.45. The van der Waals surface area contributed by atoms with Gasteiger partial charge >= 0.3 is 0 Å². The summed E-state index contributed by atoms with van der Waals surface area (Å²) >= 11 is 1.71. The van der Waals surface area contributed by atoms with E-state index in [4.69, 9.17) is 15.2 Å². The summed E-state index contributed by atoms with van der Waals surface area (Å²) in [6, 6.07) is 2.29. The molecule has 2 atom stereocenters. The van der Waals surface area contributed by atoms with Crippen LogP contribution in [0, 0.1) is 0 Å². The molecule has 2 unspecified atom stereocenters. The first-order chi connectivity index (χ1) is 6.81. The minimum Gasteiger partial charge on any atom is -0.380 e. The molecule has 0 aromatic carbocycles. The summed E-state index contributed by atoms with van der Waals surface area (Å²) < 4.78 is 10.7. The first kappa shape index (κ1) is 10.1. The SMILES string of the molecule is COCc1csc(C2OCCC2N)c1. The van der Waals surface area contributed by atoms with Gasteiger partial charge in [0.25, 0.3) is 0 Å². The Hall–Kier alpha value is -0.420. The highest BCUT2D eigenvalue weighted by Crippen LogP contribution is 2.32. The number of nitrogens with two attached hydrogens (primary N) is 1. The quantitative estimate of drug-likeness (QED) is 0.831. The second kappa shape index (κ2) is 4.40. The molecule has 1 saturated heterocycles. The molecule has 0 aliphatic carbocycles. The molecule has 14 heavy (non-hydrogen) atoms. The number of rotatable bonds is 3. The van der Waals surface area contributed by atoms with Gasteiger partial charge in [-0.15, -0.1) is 11.3 Å². The summed E-state index contributed by atoms with van der Waals surface area (Å²) in [5, 5.41) is 2.10. The maximum Gasteiger partial charge on any atom is 0.107 e. The van der Waals surface area contributed by atoms with Crippen LogP contribution in [-0.2, 0) is 16.1 Å². The van der Waals surface area contributed by atoms with Gasteiger partial charge in [0.2, 0.25) is 0 Å². The molecule has 1 aromatic rings. The molecule has 2 rings (SSSR count). The number of hydrogen-bond acceptors (Lipinski definition) is 4. The summed E-state index contributed by atoms with van der Waals surface area (Å²) in [5.74, 6) is 0. The lowest BCUT2D eigenvalue weighted by Gasteiger charge is -2.11. The van der Waals surface area contributed by atoms with Crippen molar-refractivity contribution in [3.05, 3.63) is 21.9 Å². The van der Waals surface area contributed by atoms with Crippen molar-refractivity contribution in [2.24, 2.45) is 5.73 Å². The van der Waals surface area contributed by atoms with Crippen molar-refractivity contribution in [1.29, 1.82) is 0 Å². The van der Waals surface area contributed by atoms with E-state index in [-0.39, 0.29) is 12.1 Å². The van der Waals surface area contributed by atoms with E-state index in [0.717, 1.165) is 13.0 Å². The summed E-state index contributed by atoms with van der Waals surface area (Å²) in [6.07, 6.45) is 1.06. The fraction of sp³-hybridized carbons (Fsp3) is 0.600. The highest BCUT2D eigenvalue weighted by molar-refractivity contribution is 7.10. The second-order valence-corrected chi connectivity index (χ2v) is 4.48. The van der Waals surface area contributed by atoms with Gasteiger partial charge in [-0.05, 0) is 23.4 Å². The van der Waals surface area contributed by atoms with Crippen LogP contribution in [0.15, 0.2) is 11.4 Å².